The Kier molecular flexibility index (Phi) is 10.6. The molecule has 2 rings (SSSR count). The number of likely N-dealkylation sites (N-methyl/N-ethyl adjacent to an activating group) is 1. The van der Waals surface area contributed by atoms with Gasteiger partial charge in [0.1, 0.15) is 0 Å². The number of allylic oxidation sites excluding steroid dienone is 1. The van der Waals surface area contributed by atoms with Gasteiger partial charge in [0, 0.05) is 31.0 Å². The molecule has 0 saturated carbocycles. The van der Waals surface area contributed by atoms with E-state index < -0.39 is 0 Å². The molecule has 1 N–H and O–H groups in total. The maximum atomic E-state index is 5.21. The molecule has 168 valence electrons. The summed E-state index contributed by atoms with van der Waals surface area (Å²) in [6.45, 7) is 9.81. The highest BCUT2D eigenvalue weighted by Crippen LogP contribution is 2.30. The van der Waals surface area contributed by atoms with Gasteiger partial charge >= 0.3 is 0 Å². The van der Waals surface area contributed by atoms with Crippen LogP contribution >= 0.6 is 0 Å². The van der Waals surface area contributed by atoms with Gasteiger partial charge in [-0.1, -0.05) is 50.6 Å². The second-order valence-corrected chi connectivity index (χ2v) is 8.07. The van der Waals surface area contributed by atoms with E-state index in [0.29, 0.717) is 6.61 Å². The third-order valence-corrected chi connectivity index (χ3v) is 5.75. The van der Waals surface area contributed by atoms with E-state index in [4.69, 9.17) is 9.72 Å². The van der Waals surface area contributed by atoms with Crippen LogP contribution in [0, 0.1) is 5.92 Å². The maximum absolute atomic E-state index is 5.21. The summed E-state index contributed by atoms with van der Waals surface area (Å²) in [5, 5.41) is 3.34. The highest BCUT2D eigenvalue weighted by atomic mass is 16.5. The van der Waals surface area contributed by atoms with Gasteiger partial charge in [-0.25, -0.2) is 0 Å². The molecule has 0 amide bonds. The topological polar surface area (TPSA) is 49.8 Å². The van der Waals surface area contributed by atoms with Gasteiger partial charge in [-0.05, 0) is 57.3 Å². The molecule has 5 nitrogen and oxygen atoms in total. The molecule has 0 spiro atoms. The fourth-order valence-electron chi connectivity index (χ4n) is 3.54. The normalized spacial score (nSPS) is 13.6. The average Bonchev–Trinajstić information content (AvgIpc) is 2.81. The van der Waals surface area contributed by atoms with Crippen LogP contribution in [0.4, 0.5) is 5.69 Å². The van der Waals surface area contributed by atoms with E-state index in [2.05, 4.69) is 79.2 Å². The first-order valence-corrected chi connectivity index (χ1v) is 11.1. The van der Waals surface area contributed by atoms with Gasteiger partial charge in [0.15, 0.2) is 0 Å². The van der Waals surface area contributed by atoms with E-state index in [1.54, 1.807) is 7.11 Å². The van der Waals surface area contributed by atoms with Crippen LogP contribution < -0.4 is 5.32 Å². The number of nitrogens with one attached hydrogen (secondary N) is 1. The molecule has 31 heavy (non-hydrogen) atoms. The number of hydrogen-bond acceptors (Lipinski definition) is 5. The molecule has 0 aliphatic rings. The molecule has 2 atom stereocenters. The number of aliphatic imine (C=N–C) groups is 1. The molecule has 1 aromatic carbocycles. The second kappa shape index (κ2) is 13.2. The lowest BCUT2D eigenvalue weighted by Gasteiger charge is -2.28. The second-order valence-electron chi connectivity index (χ2n) is 8.07. The lowest BCUT2D eigenvalue weighted by Crippen LogP contribution is -2.36. The van der Waals surface area contributed by atoms with Crippen LogP contribution in [-0.2, 0) is 4.74 Å². The standard InChI is InChI=1S/C26H38N4O/c1-7-20(2)11-8-9-12-21-13-10-14-22(17-21)24-18-25(27-3)23(19-29-24)26(28-4)30(5)15-16-31-6/h9-10,12-14,17-20,26,28H,3,7-8,11,15-16H2,1-2,4-6H3/b12-9-. The Hall–Kier alpha value is -2.34. The van der Waals surface area contributed by atoms with E-state index in [-0.39, 0.29) is 6.17 Å². The van der Waals surface area contributed by atoms with Crippen molar-refractivity contribution in [1.29, 1.82) is 0 Å². The Balaban J connectivity index is 2.22. The Labute approximate surface area is 188 Å². The molecule has 0 radical (unpaired) electrons. The summed E-state index contributed by atoms with van der Waals surface area (Å²) in [6.07, 6.45) is 9.94. The van der Waals surface area contributed by atoms with Crippen LogP contribution in [0.15, 0.2) is 47.6 Å². The first-order valence-electron chi connectivity index (χ1n) is 11.1. The number of aromatic nitrogens is 1. The maximum Gasteiger partial charge on any atom is 0.0893 e. The third-order valence-electron chi connectivity index (χ3n) is 5.75. The zero-order valence-electron chi connectivity index (χ0n) is 19.8. The first-order chi connectivity index (χ1) is 15.0. The lowest BCUT2D eigenvalue weighted by atomic mass is 10.0. The van der Waals surface area contributed by atoms with Gasteiger partial charge in [0.05, 0.1) is 24.2 Å². The van der Waals surface area contributed by atoms with E-state index in [1.165, 1.54) is 18.4 Å². The van der Waals surface area contributed by atoms with Crippen molar-refractivity contribution in [2.24, 2.45) is 10.9 Å². The van der Waals surface area contributed by atoms with Gasteiger partial charge in [-0.3, -0.25) is 14.9 Å². The Morgan fingerprint density at radius 3 is 2.81 bits per heavy atom. The molecular formula is C26H38N4O. The Morgan fingerprint density at radius 1 is 1.32 bits per heavy atom. The van der Waals surface area contributed by atoms with E-state index in [1.807, 2.05) is 19.3 Å². The van der Waals surface area contributed by atoms with Crippen LogP contribution in [0.3, 0.4) is 0 Å². The SMILES string of the molecule is C=Nc1cc(-c2cccc(/C=C\CCC(C)CC)c2)ncc1C(NC)N(C)CCOC. The molecule has 5 heteroatoms. The largest absolute Gasteiger partial charge is 0.383 e. The van der Waals surface area contributed by atoms with E-state index in [9.17, 15) is 0 Å². The van der Waals surface area contributed by atoms with E-state index >= 15 is 0 Å². The molecule has 1 aromatic heterocycles. The zero-order chi connectivity index (χ0) is 22.6. The van der Waals surface area contributed by atoms with Gasteiger partial charge < -0.3 is 10.1 Å². The van der Waals surface area contributed by atoms with Crippen molar-refractivity contribution in [1.82, 2.24) is 15.2 Å². The number of ether oxygens (including phenoxy) is 1. The van der Waals surface area contributed by atoms with Gasteiger partial charge in [-0.2, -0.15) is 0 Å². The predicted octanol–water partition coefficient (Wildman–Crippen LogP) is 5.72. The quantitative estimate of drug-likeness (QED) is 0.331. The number of methoxy groups -OCH3 is 1. The summed E-state index contributed by atoms with van der Waals surface area (Å²) in [6, 6.07) is 10.5. The van der Waals surface area contributed by atoms with Crippen LogP contribution in [0.25, 0.3) is 17.3 Å². The summed E-state index contributed by atoms with van der Waals surface area (Å²) in [4.78, 5) is 11.2. The van der Waals surface area contributed by atoms with Crippen LogP contribution in [0.5, 0.6) is 0 Å². The van der Waals surface area contributed by atoms with Crippen LogP contribution in [0.1, 0.15) is 50.4 Å². The van der Waals surface area contributed by atoms with Crippen molar-refractivity contribution in [3.63, 3.8) is 0 Å². The van der Waals surface area contributed by atoms with Gasteiger partial charge in [0.25, 0.3) is 0 Å². The number of pyridine rings is 1. The van der Waals surface area contributed by atoms with Crippen LogP contribution in [-0.4, -0.2) is 51.0 Å². The summed E-state index contributed by atoms with van der Waals surface area (Å²) in [5.74, 6) is 0.776. The minimum absolute atomic E-state index is 0.0167. The minimum Gasteiger partial charge on any atom is -0.383 e. The summed E-state index contributed by atoms with van der Waals surface area (Å²) >= 11 is 0. The van der Waals surface area contributed by atoms with E-state index in [0.717, 1.165) is 41.4 Å². The smallest absolute Gasteiger partial charge is 0.0893 e. The Bertz CT molecular complexity index is 849. The van der Waals surface area contributed by atoms with Gasteiger partial charge in [0.2, 0.25) is 0 Å². The number of hydrogen-bond donors (Lipinski definition) is 1. The van der Waals surface area contributed by atoms with Gasteiger partial charge in [-0.15, -0.1) is 0 Å². The van der Waals surface area contributed by atoms with Crippen molar-refractivity contribution in [2.75, 3.05) is 34.4 Å². The highest BCUT2D eigenvalue weighted by molar-refractivity contribution is 5.68. The number of nitrogens with zero attached hydrogens (tertiary/aromatic N) is 3. The van der Waals surface area contributed by atoms with Crippen molar-refractivity contribution in [3.8, 4) is 11.3 Å². The first kappa shape index (κ1) is 24.9. The molecule has 0 fully saturated rings. The highest BCUT2D eigenvalue weighted by Gasteiger charge is 2.19. The average molecular weight is 423 g/mol. The van der Waals surface area contributed by atoms with Crippen molar-refractivity contribution in [2.45, 2.75) is 39.3 Å². The van der Waals surface area contributed by atoms with Crippen LogP contribution in [0.2, 0.25) is 0 Å². The number of benzene rings is 1. The fraction of sp³-hybridized carbons (Fsp3) is 0.462. The molecule has 2 unspecified atom stereocenters. The Morgan fingerprint density at radius 2 is 2.13 bits per heavy atom. The zero-order valence-corrected chi connectivity index (χ0v) is 19.8. The molecule has 2 aromatic rings. The molecule has 1 heterocycles. The summed E-state index contributed by atoms with van der Waals surface area (Å²) < 4.78 is 5.21. The molecule has 0 aliphatic heterocycles. The minimum atomic E-state index is -0.0167. The summed E-state index contributed by atoms with van der Waals surface area (Å²) in [5.41, 5.74) is 5.00. The summed E-state index contributed by atoms with van der Waals surface area (Å²) in [7, 11) is 5.70. The molecular weight excluding hydrogens is 384 g/mol. The predicted molar refractivity (Wildman–Crippen MR) is 133 cm³/mol. The van der Waals surface area contributed by atoms with Crippen molar-refractivity contribution >= 4 is 18.5 Å². The lowest BCUT2D eigenvalue weighted by molar-refractivity contribution is 0.129. The molecule has 0 aliphatic carbocycles. The van der Waals surface area contributed by atoms with Crippen molar-refractivity contribution in [3.05, 3.63) is 53.7 Å². The van der Waals surface area contributed by atoms with Crippen molar-refractivity contribution < 1.29 is 4.74 Å². The number of rotatable bonds is 13. The monoisotopic (exact) mass is 422 g/mol. The third kappa shape index (κ3) is 7.39. The molecule has 0 bridgehead atoms. The fourth-order valence-corrected chi connectivity index (χ4v) is 3.54. The molecule has 0 saturated heterocycles.